The van der Waals surface area contributed by atoms with Crippen LogP contribution in [-0.2, 0) is 16.0 Å². The molecular weight excluding hydrogens is 402 g/mol. The molecule has 164 valence electrons. The van der Waals surface area contributed by atoms with Gasteiger partial charge in [0.15, 0.2) is 5.60 Å². The Kier molecular flexibility index (Phi) is 6.32. The Balaban J connectivity index is 1.61. The zero-order valence-electron chi connectivity index (χ0n) is 18.4. The van der Waals surface area contributed by atoms with Crippen molar-refractivity contribution in [2.45, 2.75) is 18.9 Å². The van der Waals surface area contributed by atoms with Gasteiger partial charge in [-0.15, -0.1) is 0 Å². The van der Waals surface area contributed by atoms with Gasteiger partial charge >= 0.3 is 0 Å². The Morgan fingerprint density at radius 2 is 1.88 bits per heavy atom. The summed E-state index contributed by atoms with van der Waals surface area (Å²) in [5, 5.41) is 2.73. The van der Waals surface area contributed by atoms with Gasteiger partial charge in [0.1, 0.15) is 5.69 Å². The number of amides is 2. The molecule has 2 heterocycles. The van der Waals surface area contributed by atoms with Crippen molar-refractivity contribution in [3.63, 3.8) is 0 Å². The first-order valence-electron chi connectivity index (χ1n) is 10.7. The average molecular weight is 430 g/mol. The quantitative estimate of drug-likeness (QED) is 0.676. The van der Waals surface area contributed by atoms with Crippen molar-refractivity contribution in [2.75, 3.05) is 26.7 Å². The van der Waals surface area contributed by atoms with Crippen LogP contribution in [0.25, 0.3) is 11.1 Å². The molecule has 0 bridgehead atoms. The Morgan fingerprint density at radius 3 is 2.59 bits per heavy atom. The number of nitrogens with zero attached hydrogens (tertiary/aromatic N) is 2. The summed E-state index contributed by atoms with van der Waals surface area (Å²) in [6, 6.07) is 21.7. The lowest BCUT2D eigenvalue weighted by molar-refractivity contribution is -0.156. The van der Waals surface area contributed by atoms with Gasteiger partial charge in [0.05, 0.1) is 13.2 Å². The van der Waals surface area contributed by atoms with Crippen molar-refractivity contribution < 1.29 is 14.3 Å². The monoisotopic (exact) mass is 429 g/mol. The highest BCUT2D eigenvalue weighted by Crippen LogP contribution is 2.28. The topological polar surface area (TPSA) is 71.5 Å². The Morgan fingerprint density at radius 1 is 1.06 bits per heavy atom. The molecule has 3 aromatic rings. The maximum Gasteiger partial charge on any atom is 0.272 e. The summed E-state index contributed by atoms with van der Waals surface area (Å²) in [4.78, 5) is 31.8. The Labute approximate surface area is 188 Å². The Bertz CT molecular complexity index is 1100. The maximum atomic E-state index is 13.0. The zero-order chi connectivity index (χ0) is 22.6. The van der Waals surface area contributed by atoms with Crippen LogP contribution < -0.4 is 5.32 Å². The van der Waals surface area contributed by atoms with Gasteiger partial charge < -0.3 is 15.0 Å². The number of morpholine rings is 1. The number of hydrogen-bond donors (Lipinski definition) is 1. The van der Waals surface area contributed by atoms with E-state index in [1.54, 1.807) is 36.3 Å². The number of carbonyl (C=O) groups is 2. The van der Waals surface area contributed by atoms with Crippen molar-refractivity contribution in [1.82, 2.24) is 15.2 Å². The molecule has 4 rings (SSSR count). The first kappa shape index (κ1) is 21.7. The number of nitrogens with one attached hydrogen (secondary N) is 1. The van der Waals surface area contributed by atoms with E-state index in [0.717, 1.165) is 16.7 Å². The smallest absolute Gasteiger partial charge is 0.272 e. The van der Waals surface area contributed by atoms with E-state index in [2.05, 4.69) is 53.6 Å². The van der Waals surface area contributed by atoms with Gasteiger partial charge in [0, 0.05) is 26.2 Å². The van der Waals surface area contributed by atoms with Crippen LogP contribution in [0.1, 0.15) is 21.6 Å². The molecule has 0 saturated carbocycles. The van der Waals surface area contributed by atoms with Crippen LogP contribution in [-0.4, -0.2) is 54.0 Å². The summed E-state index contributed by atoms with van der Waals surface area (Å²) < 4.78 is 6.07. The molecule has 1 N–H and O–H groups in total. The highest BCUT2D eigenvalue weighted by Gasteiger charge is 2.45. The normalized spacial score (nSPS) is 18.2. The number of pyridine rings is 1. The second-order valence-electron chi connectivity index (χ2n) is 8.11. The molecule has 0 spiro atoms. The van der Waals surface area contributed by atoms with Crippen molar-refractivity contribution in [3.05, 3.63) is 89.7 Å². The van der Waals surface area contributed by atoms with Crippen molar-refractivity contribution in [2.24, 2.45) is 0 Å². The van der Waals surface area contributed by atoms with E-state index < -0.39 is 5.60 Å². The fourth-order valence-electron chi connectivity index (χ4n) is 4.10. The van der Waals surface area contributed by atoms with Gasteiger partial charge in [-0.3, -0.25) is 14.6 Å². The van der Waals surface area contributed by atoms with Crippen LogP contribution in [0.4, 0.5) is 0 Å². The van der Waals surface area contributed by atoms with Crippen molar-refractivity contribution >= 4 is 11.8 Å². The third-order valence-electron chi connectivity index (χ3n) is 5.80. The molecule has 0 aliphatic carbocycles. The number of benzene rings is 2. The minimum atomic E-state index is -1.16. The molecule has 1 unspecified atom stereocenters. The fraction of sp³-hybridized carbons (Fsp3) is 0.269. The molecule has 1 fully saturated rings. The van der Waals surface area contributed by atoms with Crippen LogP contribution in [0.2, 0.25) is 0 Å². The predicted molar refractivity (Wildman–Crippen MR) is 123 cm³/mol. The van der Waals surface area contributed by atoms with Gasteiger partial charge in [-0.1, -0.05) is 60.2 Å². The average Bonchev–Trinajstić information content (AvgIpc) is 2.84. The van der Waals surface area contributed by atoms with Crippen molar-refractivity contribution in [3.8, 4) is 11.1 Å². The number of aromatic nitrogens is 1. The summed E-state index contributed by atoms with van der Waals surface area (Å²) in [5.74, 6) is -0.438. The number of hydrogen-bond acceptors (Lipinski definition) is 4. The van der Waals surface area contributed by atoms with Crippen LogP contribution in [0.5, 0.6) is 0 Å². The number of carbonyl (C=O) groups excluding carboxylic acids is 2. The van der Waals surface area contributed by atoms with Crippen LogP contribution in [0, 0.1) is 6.92 Å². The van der Waals surface area contributed by atoms with Gasteiger partial charge in [0.25, 0.3) is 11.8 Å². The summed E-state index contributed by atoms with van der Waals surface area (Å²) in [7, 11) is 1.59. The van der Waals surface area contributed by atoms with Crippen molar-refractivity contribution in [1.29, 1.82) is 0 Å². The molecule has 1 atom stereocenters. The van der Waals surface area contributed by atoms with Crippen LogP contribution >= 0.6 is 0 Å². The van der Waals surface area contributed by atoms with E-state index in [1.165, 1.54) is 5.56 Å². The minimum absolute atomic E-state index is 0.164. The van der Waals surface area contributed by atoms with Crippen LogP contribution in [0.3, 0.4) is 0 Å². The predicted octanol–water partition coefficient (Wildman–Crippen LogP) is 3.26. The van der Waals surface area contributed by atoms with E-state index in [1.807, 2.05) is 12.1 Å². The molecule has 6 heteroatoms. The summed E-state index contributed by atoms with van der Waals surface area (Å²) in [5.41, 5.74) is 3.57. The van der Waals surface area contributed by atoms with Crippen LogP contribution in [0.15, 0.2) is 72.9 Å². The maximum absolute atomic E-state index is 13.0. The lowest BCUT2D eigenvalue weighted by Gasteiger charge is -2.41. The van der Waals surface area contributed by atoms with Gasteiger partial charge in [0.2, 0.25) is 0 Å². The fourth-order valence-corrected chi connectivity index (χ4v) is 4.10. The second-order valence-corrected chi connectivity index (χ2v) is 8.11. The summed E-state index contributed by atoms with van der Waals surface area (Å²) in [6.07, 6.45) is 1.95. The minimum Gasteiger partial charge on any atom is -0.361 e. The molecule has 2 aromatic carbocycles. The molecule has 1 aliphatic rings. The number of likely N-dealkylation sites (N-methyl/N-ethyl adjacent to an activating group) is 1. The molecule has 2 amide bonds. The molecule has 32 heavy (non-hydrogen) atoms. The molecule has 6 nitrogen and oxygen atoms in total. The third kappa shape index (κ3) is 4.55. The molecule has 1 aromatic heterocycles. The molecule has 1 saturated heterocycles. The first-order chi connectivity index (χ1) is 15.5. The van der Waals surface area contributed by atoms with Gasteiger partial charge in [-0.25, -0.2) is 0 Å². The molecular formula is C26H27N3O3. The molecule has 1 aliphatic heterocycles. The first-order valence-corrected chi connectivity index (χ1v) is 10.7. The second kappa shape index (κ2) is 9.32. The Hall–Kier alpha value is -3.51. The highest BCUT2D eigenvalue weighted by atomic mass is 16.5. The largest absolute Gasteiger partial charge is 0.361 e. The van der Waals surface area contributed by atoms with Gasteiger partial charge in [-0.05, 0) is 35.7 Å². The van der Waals surface area contributed by atoms with E-state index in [4.69, 9.17) is 4.74 Å². The van der Waals surface area contributed by atoms with E-state index in [9.17, 15) is 9.59 Å². The highest BCUT2D eigenvalue weighted by molar-refractivity contribution is 5.93. The number of aryl methyl sites for hydroxylation is 1. The summed E-state index contributed by atoms with van der Waals surface area (Å²) >= 11 is 0. The van der Waals surface area contributed by atoms with E-state index in [0.29, 0.717) is 18.7 Å². The zero-order valence-corrected chi connectivity index (χ0v) is 18.4. The standard InChI is InChI=1S/C26H27N3O3/c1-19-9-11-21(12-10-19)22-7-5-6-20(16-22)17-26(25(31)27-2)18-29(14-15-32-26)24(30)23-8-3-4-13-28-23/h3-13,16H,14-15,17-18H2,1-2H3,(H,27,31). The molecule has 0 radical (unpaired) electrons. The SMILES string of the molecule is CNC(=O)C1(Cc2cccc(-c3ccc(C)cc3)c2)CN(C(=O)c2ccccn2)CCO1. The lowest BCUT2D eigenvalue weighted by atomic mass is 9.89. The number of ether oxygens (including phenoxy) is 1. The third-order valence-corrected chi connectivity index (χ3v) is 5.80. The van der Waals surface area contributed by atoms with Gasteiger partial charge in [-0.2, -0.15) is 0 Å². The van der Waals surface area contributed by atoms with E-state index in [-0.39, 0.29) is 25.0 Å². The van der Waals surface area contributed by atoms with E-state index >= 15 is 0 Å². The lowest BCUT2D eigenvalue weighted by Crippen LogP contribution is -2.61. The number of rotatable bonds is 5. The summed E-state index contributed by atoms with van der Waals surface area (Å²) in [6.45, 7) is 2.92.